The van der Waals surface area contributed by atoms with Crippen LogP contribution in [0.3, 0.4) is 0 Å². The molecule has 0 radical (unpaired) electrons. The van der Waals surface area contributed by atoms with Crippen LogP contribution in [-0.2, 0) is 23.7 Å². The first-order chi connectivity index (χ1) is 14.2. The van der Waals surface area contributed by atoms with E-state index in [0.29, 0.717) is 15.7 Å². The van der Waals surface area contributed by atoms with E-state index in [0.717, 1.165) is 0 Å². The molecule has 0 spiro atoms. The van der Waals surface area contributed by atoms with Gasteiger partial charge in [0.25, 0.3) is 0 Å². The normalized spacial score (nSPS) is 30.6. The van der Waals surface area contributed by atoms with Crippen LogP contribution in [0.15, 0.2) is 28.9 Å². The molecule has 9 nitrogen and oxygen atoms in total. The highest BCUT2D eigenvalue weighted by Gasteiger charge is 2.54. The van der Waals surface area contributed by atoms with Crippen LogP contribution in [0.5, 0.6) is 0 Å². The molecule has 3 heterocycles. The van der Waals surface area contributed by atoms with Crippen LogP contribution in [0, 0.1) is 5.82 Å². The number of nitrogens with zero attached hydrogens (tertiary/aromatic N) is 3. The standard InChI is InChI=1S/C19H21BrFN3O6/c1-19(2)28-8-13-15(30-19)14(16(27-3)17(29-13)18(25)26)24-7-12(22-23-24)9-4-5-10(20)11(21)6-9/h4-7,13-17H,8H2,1-3H3,(H,25,26)/t13-,14+,15+,16-,17-/m1/s1. The molecule has 5 atom stereocenters. The van der Waals surface area contributed by atoms with E-state index in [1.54, 1.807) is 32.2 Å². The number of rotatable bonds is 4. The minimum atomic E-state index is -1.24. The number of hydrogen-bond donors (Lipinski definition) is 1. The van der Waals surface area contributed by atoms with Crippen LogP contribution in [0.4, 0.5) is 4.39 Å². The molecule has 0 aliphatic carbocycles. The summed E-state index contributed by atoms with van der Waals surface area (Å²) < 4.78 is 38.8. The van der Waals surface area contributed by atoms with Gasteiger partial charge >= 0.3 is 5.97 Å². The number of benzene rings is 1. The molecule has 1 N–H and O–H groups in total. The highest BCUT2D eigenvalue weighted by Crippen LogP contribution is 2.39. The van der Waals surface area contributed by atoms with Crippen LogP contribution in [-0.4, -0.2) is 70.0 Å². The zero-order valence-electron chi connectivity index (χ0n) is 16.5. The molecule has 2 aliphatic rings. The first kappa shape index (κ1) is 21.3. The van der Waals surface area contributed by atoms with Gasteiger partial charge in [0.2, 0.25) is 0 Å². The largest absolute Gasteiger partial charge is 0.479 e. The van der Waals surface area contributed by atoms with Crippen molar-refractivity contribution in [2.45, 2.75) is 50.1 Å². The Kier molecular flexibility index (Phi) is 5.66. The predicted molar refractivity (Wildman–Crippen MR) is 104 cm³/mol. The molecular formula is C19H21BrFN3O6. The average molecular weight is 486 g/mol. The number of carbonyl (C=O) groups is 1. The van der Waals surface area contributed by atoms with E-state index in [2.05, 4.69) is 26.2 Å². The van der Waals surface area contributed by atoms with Gasteiger partial charge in [0.1, 0.15) is 35.9 Å². The Labute approximate surface area is 180 Å². The summed E-state index contributed by atoms with van der Waals surface area (Å²) in [5.41, 5.74) is 0.958. The first-order valence-corrected chi connectivity index (χ1v) is 10.1. The second-order valence-corrected chi connectivity index (χ2v) is 8.48. The van der Waals surface area contributed by atoms with Crippen molar-refractivity contribution in [3.8, 4) is 11.3 Å². The minimum absolute atomic E-state index is 0.161. The second kappa shape index (κ2) is 7.97. The predicted octanol–water partition coefficient (Wildman–Crippen LogP) is 2.41. The highest BCUT2D eigenvalue weighted by molar-refractivity contribution is 9.10. The molecule has 2 aromatic rings. The highest BCUT2D eigenvalue weighted by atomic mass is 79.9. The van der Waals surface area contributed by atoms with Gasteiger partial charge in [-0.1, -0.05) is 11.3 Å². The summed E-state index contributed by atoms with van der Waals surface area (Å²) in [6, 6.07) is 3.97. The lowest BCUT2D eigenvalue weighted by Gasteiger charge is -2.50. The Morgan fingerprint density at radius 1 is 1.43 bits per heavy atom. The smallest absolute Gasteiger partial charge is 0.335 e. The molecule has 11 heteroatoms. The number of ether oxygens (including phenoxy) is 4. The molecule has 2 aliphatic heterocycles. The summed E-state index contributed by atoms with van der Waals surface area (Å²) in [6.07, 6.45) is -1.74. The Balaban J connectivity index is 1.73. The van der Waals surface area contributed by atoms with Crippen molar-refractivity contribution in [3.63, 3.8) is 0 Å². The number of methoxy groups -OCH3 is 1. The Morgan fingerprint density at radius 3 is 2.87 bits per heavy atom. The van der Waals surface area contributed by atoms with Crippen molar-refractivity contribution in [3.05, 3.63) is 34.7 Å². The third kappa shape index (κ3) is 3.87. The van der Waals surface area contributed by atoms with Gasteiger partial charge in [-0.2, -0.15) is 0 Å². The van der Waals surface area contributed by atoms with Gasteiger partial charge in [-0.3, -0.25) is 0 Å². The second-order valence-electron chi connectivity index (χ2n) is 7.63. The molecular weight excluding hydrogens is 465 g/mol. The van der Waals surface area contributed by atoms with Crippen LogP contribution in [0.2, 0.25) is 0 Å². The van der Waals surface area contributed by atoms with E-state index >= 15 is 0 Å². The maximum atomic E-state index is 14.0. The van der Waals surface area contributed by atoms with E-state index in [1.165, 1.54) is 17.9 Å². The van der Waals surface area contributed by atoms with Crippen molar-refractivity contribution in [2.75, 3.05) is 13.7 Å². The van der Waals surface area contributed by atoms with E-state index in [1.807, 2.05) is 0 Å². The average Bonchev–Trinajstić information content (AvgIpc) is 3.17. The zero-order chi connectivity index (χ0) is 21.6. The third-order valence-electron chi connectivity index (χ3n) is 5.22. The number of carboxylic acid groups (broad SMARTS) is 1. The van der Waals surface area contributed by atoms with Gasteiger partial charge in [0.15, 0.2) is 11.9 Å². The molecule has 162 valence electrons. The molecule has 0 bridgehead atoms. The van der Waals surface area contributed by atoms with Crippen molar-refractivity contribution in [1.82, 2.24) is 15.0 Å². The molecule has 1 aromatic heterocycles. The maximum Gasteiger partial charge on any atom is 0.335 e. The quantitative estimate of drug-likeness (QED) is 0.703. The monoisotopic (exact) mass is 485 g/mol. The molecule has 30 heavy (non-hydrogen) atoms. The lowest BCUT2D eigenvalue weighted by Crippen LogP contribution is -2.64. The minimum Gasteiger partial charge on any atom is -0.479 e. The van der Waals surface area contributed by atoms with Crippen LogP contribution in [0.1, 0.15) is 19.9 Å². The summed E-state index contributed by atoms with van der Waals surface area (Å²) in [5.74, 6) is -2.48. The fraction of sp³-hybridized carbons (Fsp3) is 0.526. The van der Waals surface area contributed by atoms with Gasteiger partial charge in [-0.05, 0) is 41.9 Å². The number of hydrogen-bond acceptors (Lipinski definition) is 7. The molecule has 0 saturated carbocycles. The topological polar surface area (TPSA) is 105 Å². The number of aromatic nitrogens is 3. The van der Waals surface area contributed by atoms with E-state index in [4.69, 9.17) is 18.9 Å². The summed E-state index contributed by atoms with van der Waals surface area (Å²) in [4.78, 5) is 11.8. The fourth-order valence-electron chi connectivity index (χ4n) is 3.83. The summed E-state index contributed by atoms with van der Waals surface area (Å²) in [5, 5.41) is 18.0. The van der Waals surface area contributed by atoms with Gasteiger partial charge in [0, 0.05) is 12.7 Å². The molecule has 0 amide bonds. The van der Waals surface area contributed by atoms with E-state index in [9.17, 15) is 14.3 Å². The van der Waals surface area contributed by atoms with Crippen molar-refractivity contribution in [1.29, 1.82) is 0 Å². The van der Waals surface area contributed by atoms with E-state index < -0.39 is 48.0 Å². The third-order valence-corrected chi connectivity index (χ3v) is 5.86. The molecule has 2 fully saturated rings. The number of aliphatic carboxylic acids is 1. The van der Waals surface area contributed by atoms with Gasteiger partial charge in [-0.25, -0.2) is 13.9 Å². The number of fused-ring (bicyclic) bond motifs is 1. The van der Waals surface area contributed by atoms with Crippen LogP contribution < -0.4 is 0 Å². The van der Waals surface area contributed by atoms with Gasteiger partial charge in [0.05, 0.1) is 17.3 Å². The van der Waals surface area contributed by atoms with Crippen molar-refractivity contribution < 1.29 is 33.2 Å². The molecule has 4 rings (SSSR count). The SMILES string of the molecule is CO[C@@H]1[C@@H](n2cc(-c3ccc(Br)c(F)c3)nn2)[C@H]2OC(C)(C)OC[C@H]2O[C@H]1C(=O)O. The first-order valence-electron chi connectivity index (χ1n) is 9.30. The van der Waals surface area contributed by atoms with Gasteiger partial charge < -0.3 is 24.1 Å². The molecule has 2 saturated heterocycles. The Bertz CT molecular complexity index is 954. The lowest BCUT2D eigenvalue weighted by atomic mass is 9.91. The van der Waals surface area contributed by atoms with Crippen molar-refractivity contribution >= 4 is 21.9 Å². The number of halogens is 2. The Morgan fingerprint density at radius 2 is 2.20 bits per heavy atom. The van der Waals surface area contributed by atoms with Crippen LogP contribution in [0.25, 0.3) is 11.3 Å². The summed E-state index contributed by atoms with van der Waals surface area (Å²) in [6.45, 7) is 3.69. The van der Waals surface area contributed by atoms with Crippen molar-refractivity contribution in [2.24, 2.45) is 0 Å². The fourth-order valence-corrected chi connectivity index (χ4v) is 4.07. The maximum absolute atomic E-state index is 14.0. The summed E-state index contributed by atoms with van der Waals surface area (Å²) in [7, 11) is 1.41. The Hall–Kier alpha value is -1.92. The summed E-state index contributed by atoms with van der Waals surface area (Å²) >= 11 is 3.13. The zero-order valence-corrected chi connectivity index (χ0v) is 18.1. The van der Waals surface area contributed by atoms with Crippen LogP contribution >= 0.6 is 15.9 Å². The lowest BCUT2D eigenvalue weighted by molar-refractivity contribution is -0.347. The molecule has 0 unspecified atom stereocenters. The van der Waals surface area contributed by atoms with Gasteiger partial charge in [-0.15, -0.1) is 5.10 Å². The van der Waals surface area contributed by atoms with E-state index in [-0.39, 0.29) is 6.61 Å². The molecule has 1 aromatic carbocycles. The number of carboxylic acids is 1.